The van der Waals surface area contributed by atoms with Gasteiger partial charge in [0.25, 0.3) is 0 Å². The third-order valence-electron chi connectivity index (χ3n) is 4.52. The number of ether oxygens (including phenoxy) is 1. The first-order chi connectivity index (χ1) is 13.9. The fraction of sp³-hybridized carbons (Fsp3) is 0.652. The molecule has 0 bridgehead atoms. The van der Waals surface area contributed by atoms with Crippen molar-refractivity contribution in [3.63, 3.8) is 0 Å². The van der Waals surface area contributed by atoms with Gasteiger partial charge in [-0.25, -0.2) is 0 Å². The molecule has 2 N–H and O–H groups in total. The number of aliphatic carboxylic acids is 1. The highest BCUT2D eigenvalue weighted by molar-refractivity contribution is 7.99. The second-order valence-electron chi connectivity index (χ2n) is 7.83. The van der Waals surface area contributed by atoms with Gasteiger partial charge in [-0.1, -0.05) is 39.3 Å². The fourth-order valence-corrected chi connectivity index (χ4v) is 3.74. The van der Waals surface area contributed by atoms with Gasteiger partial charge in [0.2, 0.25) is 5.91 Å². The number of carbonyl (C=O) groups is 2. The topological polar surface area (TPSA) is 75.6 Å². The van der Waals surface area contributed by atoms with Crippen LogP contribution in [0.1, 0.15) is 72.1 Å². The summed E-state index contributed by atoms with van der Waals surface area (Å²) >= 11 is 2.00. The Labute approximate surface area is 180 Å². The Kier molecular flexibility index (Phi) is 13.3. The van der Waals surface area contributed by atoms with Crippen molar-refractivity contribution in [3.05, 3.63) is 24.3 Å². The van der Waals surface area contributed by atoms with Crippen molar-refractivity contribution < 1.29 is 19.4 Å². The van der Waals surface area contributed by atoms with Gasteiger partial charge in [-0.3, -0.25) is 9.59 Å². The number of carboxylic acid groups (broad SMARTS) is 1. The van der Waals surface area contributed by atoms with Crippen LogP contribution in [-0.4, -0.2) is 34.6 Å². The van der Waals surface area contributed by atoms with Crippen molar-refractivity contribution in [2.45, 2.75) is 77.4 Å². The molecule has 0 spiro atoms. The number of carboxylic acids is 1. The number of thioether (sulfide) groups is 1. The van der Waals surface area contributed by atoms with Crippen LogP contribution in [0.2, 0.25) is 0 Å². The number of carbonyl (C=O) groups excluding carboxylic acids is 1. The Balaban J connectivity index is 2.27. The van der Waals surface area contributed by atoms with Gasteiger partial charge in [0.1, 0.15) is 5.75 Å². The number of nitrogens with one attached hydrogen (secondary N) is 1. The van der Waals surface area contributed by atoms with Gasteiger partial charge >= 0.3 is 5.97 Å². The molecular weight excluding hydrogens is 386 g/mol. The van der Waals surface area contributed by atoms with Crippen molar-refractivity contribution in [2.75, 3.05) is 17.7 Å². The molecule has 1 aromatic rings. The molecule has 29 heavy (non-hydrogen) atoms. The summed E-state index contributed by atoms with van der Waals surface area (Å²) in [6, 6.07) is 7.46. The standard InChI is InChI=1S/C23H37NO4S/c1-18(2)29-17-19(3)11-6-9-14-22(25)24-20-12-7-8-13-21(20)28-16-10-4-5-15-23(26)27/h7-8,12-13,18-19H,4-6,9-11,14-17H2,1-3H3,(H,24,25)(H,26,27). The first-order valence-electron chi connectivity index (χ1n) is 10.7. The van der Waals surface area contributed by atoms with Crippen molar-refractivity contribution in [1.29, 1.82) is 0 Å². The van der Waals surface area contributed by atoms with Crippen LogP contribution in [0.25, 0.3) is 0 Å². The molecule has 0 aliphatic rings. The minimum Gasteiger partial charge on any atom is -0.491 e. The van der Waals surface area contributed by atoms with Crippen molar-refractivity contribution >= 4 is 29.3 Å². The minimum absolute atomic E-state index is 0.0201. The van der Waals surface area contributed by atoms with Gasteiger partial charge in [0.15, 0.2) is 0 Å². The van der Waals surface area contributed by atoms with E-state index in [2.05, 4.69) is 26.1 Å². The summed E-state index contributed by atoms with van der Waals surface area (Å²) in [5.74, 6) is 1.80. The predicted molar refractivity (Wildman–Crippen MR) is 122 cm³/mol. The summed E-state index contributed by atoms with van der Waals surface area (Å²) in [4.78, 5) is 22.8. The van der Waals surface area contributed by atoms with Crippen molar-refractivity contribution in [2.24, 2.45) is 5.92 Å². The van der Waals surface area contributed by atoms with E-state index in [1.165, 1.54) is 5.75 Å². The molecule has 0 radical (unpaired) electrons. The highest BCUT2D eigenvalue weighted by Gasteiger charge is 2.09. The van der Waals surface area contributed by atoms with E-state index in [-0.39, 0.29) is 12.3 Å². The van der Waals surface area contributed by atoms with Crippen LogP contribution in [0, 0.1) is 5.92 Å². The Bertz CT molecular complexity index is 606. The summed E-state index contributed by atoms with van der Waals surface area (Å²) in [6.45, 7) is 7.25. The van der Waals surface area contributed by atoms with Crippen LogP contribution < -0.4 is 10.1 Å². The third kappa shape index (κ3) is 13.2. The maximum Gasteiger partial charge on any atom is 0.303 e. The minimum atomic E-state index is -0.761. The van der Waals surface area contributed by atoms with Gasteiger partial charge in [-0.15, -0.1) is 0 Å². The molecule has 1 aromatic carbocycles. The van der Waals surface area contributed by atoms with Crippen molar-refractivity contribution in [3.8, 4) is 5.75 Å². The lowest BCUT2D eigenvalue weighted by Gasteiger charge is -2.13. The molecule has 0 heterocycles. The van der Waals surface area contributed by atoms with E-state index in [0.29, 0.717) is 42.1 Å². The molecule has 1 amide bonds. The second-order valence-corrected chi connectivity index (χ2v) is 9.44. The molecule has 5 nitrogen and oxygen atoms in total. The zero-order valence-corrected chi connectivity index (χ0v) is 18.9. The Morgan fingerprint density at radius 3 is 2.48 bits per heavy atom. The van der Waals surface area contributed by atoms with Crippen LogP contribution in [0.3, 0.4) is 0 Å². The second kappa shape index (κ2) is 15.2. The van der Waals surface area contributed by atoms with Crippen LogP contribution in [0.5, 0.6) is 5.75 Å². The molecular formula is C23H37NO4S. The van der Waals surface area contributed by atoms with Crippen LogP contribution in [0.4, 0.5) is 5.69 Å². The number of rotatable bonds is 16. The average molecular weight is 424 g/mol. The lowest BCUT2D eigenvalue weighted by Crippen LogP contribution is -2.12. The molecule has 0 aliphatic heterocycles. The lowest BCUT2D eigenvalue weighted by atomic mass is 10.1. The maximum atomic E-state index is 12.3. The van der Waals surface area contributed by atoms with E-state index in [0.717, 1.165) is 32.1 Å². The SMILES string of the molecule is CC(CCCCC(=O)Nc1ccccc1OCCCCCC(=O)O)CSC(C)C. The third-order valence-corrected chi connectivity index (χ3v) is 5.95. The average Bonchev–Trinajstić information content (AvgIpc) is 2.67. The van der Waals surface area contributed by atoms with Crippen LogP contribution >= 0.6 is 11.8 Å². The highest BCUT2D eigenvalue weighted by atomic mass is 32.2. The summed E-state index contributed by atoms with van der Waals surface area (Å²) in [5.41, 5.74) is 0.699. The zero-order valence-electron chi connectivity index (χ0n) is 18.1. The van der Waals surface area contributed by atoms with Crippen LogP contribution in [-0.2, 0) is 9.59 Å². The molecule has 0 aromatic heterocycles. The first kappa shape index (κ1) is 25.3. The molecule has 0 saturated heterocycles. The van der Waals surface area contributed by atoms with E-state index in [1.807, 2.05) is 36.0 Å². The largest absolute Gasteiger partial charge is 0.491 e. The summed E-state index contributed by atoms with van der Waals surface area (Å²) < 4.78 is 5.78. The zero-order chi connectivity index (χ0) is 21.5. The fourth-order valence-electron chi connectivity index (χ4n) is 2.86. The normalized spacial score (nSPS) is 12.0. The molecule has 1 unspecified atom stereocenters. The van der Waals surface area contributed by atoms with E-state index < -0.39 is 5.97 Å². The monoisotopic (exact) mass is 423 g/mol. The van der Waals surface area contributed by atoms with Crippen molar-refractivity contribution in [1.82, 2.24) is 0 Å². The van der Waals surface area contributed by atoms with E-state index in [9.17, 15) is 9.59 Å². The number of unbranched alkanes of at least 4 members (excludes halogenated alkanes) is 3. The molecule has 0 fully saturated rings. The van der Waals surface area contributed by atoms with Crippen LogP contribution in [0.15, 0.2) is 24.3 Å². The molecule has 1 rings (SSSR count). The quantitative estimate of drug-likeness (QED) is 0.320. The van der Waals surface area contributed by atoms with Gasteiger partial charge < -0.3 is 15.2 Å². The van der Waals surface area contributed by atoms with Gasteiger partial charge in [0.05, 0.1) is 12.3 Å². The van der Waals surface area contributed by atoms with E-state index in [1.54, 1.807) is 0 Å². The molecule has 1 atom stereocenters. The first-order valence-corrected chi connectivity index (χ1v) is 11.8. The highest BCUT2D eigenvalue weighted by Crippen LogP contribution is 2.25. The summed E-state index contributed by atoms with van der Waals surface area (Å²) in [7, 11) is 0. The molecule has 164 valence electrons. The molecule has 6 heteroatoms. The maximum absolute atomic E-state index is 12.3. The Hall–Kier alpha value is -1.69. The molecule has 0 saturated carbocycles. The number of hydrogen-bond donors (Lipinski definition) is 2. The van der Waals surface area contributed by atoms with Gasteiger partial charge in [0, 0.05) is 12.8 Å². The Morgan fingerprint density at radius 2 is 1.76 bits per heavy atom. The Morgan fingerprint density at radius 1 is 1.03 bits per heavy atom. The summed E-state index contributed by atoms with van der Waals surface area (Å²) in [5, 5.41) is 12.3. The summed E-state index contributed by atoms with van der Waals surface area (Å²) in [6.07, 6.45) is 6.12. The number of para-hydroxylation sites is 2. The smallest absolute Gasteiger partial charge is 0.303 e. The predicted octanol–water partition coefficient (Wildman–Crippen LogP) is 5.99. The lowest BCUT2D eigenvalue weighted by molar-refractivity contribution is -0.137. The molecule has 0 aliphatic carbocycles. The van der Waals surface area contributed by atoms with Gasteiger partial charge in [-0.2, -0.15) is 11.8 Å². The van der Waals surface area contributed by atoms with E-state index in [4.69, 9.17) is 9.84 Å². The van der Waals surface area contributed by atoms with E-state index >= 15 is 0 Å². The number of anilines is 1. The number of hydrogen-bond acceptors (Lipinski definition) is 4. The number of benzene rings is 1. The number of amides is 1. The van der Waals surface area contributed by atoms with Gasteiger partial charge in [-0.05, 0) is 61.2 Å².